The second-order valence-corrected chi connectivity index (χ2v) is 7.24. The maximum absolute atomic E-state index is 13.4. The van der Waals surface area contributed by atoms with E-state index in [1.54, 1.807) is 7.11 Å². The number of Topliss-reactive ketones (excluding diaryl/α,β-unsaturated/α-hetero) is 1. The minimum absolute atomic E-state index is 0.0955. The molecule has 0 saturated carbocycles. The summed E-state index contributed by atoms with van der Waals surface area (Å²) in [6.07, 6.45) is 1.15. The number of aromatic nitrogens is 2. The summed E-state index contributed by atoms with van der Waals surface area (Å²) in [7, 11) is 1.63. The molecular formula is C22H20N4O3. The molecule has 146 valence electrons. The lowest BCUT2D eigenvalue weighted by molar-refractivity contribution is -0.116. The molecule has 2 aromatic carbocycles. The van der Waals surface area contributed by atoms with Gasteiger partial charge in [-0.1, -0.05) is 48.5 Å². The van der Waals surface area contributed by atoms with Gasteiger partial charge >= 0.3 is 0 Å². The zero-order valence-electron chi connectivity index (χ0n) is 15.9. The van der Waals surface area contributed by atoms with E-state index >= 15 is 0 Å². The van der Waals surface area contributed by atoms with E-state index in [0.29, 0.717) is 35.8 Å². The van der Waals surface area contributed by atoms with Crippen molar-refractivity contribution in [1.82, 2.24) is 10.3 Å². The summed E-state index contributed by atoms with van der Waals surface area (Å²) in [5, 5.41) is 14.6. The highest BCUT2D eigenvalue weighted by Gasteiger charge is 2.38. The average Bonchev–Trinajstić information content (AvgIpc) is 3.13. The molecule has 0 bridgehead atoms. The number of ketones is 1. The largest absolute Gasteiger partial charge is 0.496 e. The highest BCUT2D eigenvalue weighted by Crippen LogP contribution is 2.44. The van der Waals surface area contributed by atoms with Crippen LogP contribution >= 0.6 is 0 Å². The highest BCUT2D eigenvalue weighted by molar-refractivity contribution is 6.01. The average molecular weight is 388 g/mol. The summed E-state index contributed by atoms with van der Waals surface area (Å²) >= 11 is 0. The number of anilines is 2. The van der Waals surface area contributed by atoms with E-state index < -0.39 is 6.04 Å². The predicted octanol–water partition coefficient (Wildman–Crippen LogP) is 4.06. The van der Waals surface area contributed by atoms with Crippen molar-refractivity contribution in [1.29, 1.82) is 0 Å². The molecule has 5 rings (SSSR count). The Kier molecular flexibility index (Phi) is 4.27. The van der Waals surface area contributed by atoms with E-state index in [0.717, 1.165) is 16.8 Å². The van der Waals surface area contributed by atoms with Gasteiger partial charge in [0.15, 0.2) is 5.78 Å². The molecule has 0 radical (unpaired) electrons. The summed E-state index contributed by atoms with van der Waals surface area (Å²) < 4.78 is 10.5. The Hall–Kier alpha value is -3.61. The maximum Gasteiger partial charge on any atom is 0.219 e. The van der Waals surface area contributed by atoms with E-state index in [1.807, 2.05) is 42.5 Å². The summed E-state index contributed by atoms with van der Waals surface area (Å²) in [5.74, 6) is 1.86. The van der Waals surface area contributed by atoms with Gasteiger partial charge in [-0.3, -0.25) is 4.79 Å². The van der Waals surface area contributed by atoms with E-state index in [9.17, 15) is 4.79 Å². The Morgan fingerprint density at radius 3 is 2.59 bits per heavy atom. The number of rotatable bonds is 3. The maximum atomic E-state index is 13.4. The smallest absolute Gasteiger partial charge is 0.219 e. The van der Waals surface area contributed by atoms with Gasteiger partial charge in [-0.25, -0.2) is 4.63 Å². The van der Waals surface area contributed by atoms with Crippen molar-refractivity contribution in [2.24, 2.45) is 0 Å². The number of nitrogens with one attached hydrogen (secondary N) is 2. The van der Waals surface area contributed by atoms with E-state index in [2.05, 4.69) is 33.1 Å². The van der Waals surface area contributed by atoms with Gasteiger partial charge in [0.1, 0.15) is 5.75 Å². The SMILES string of the molecule is COc1ccccc1[C@@H]1Nc2nonc2NC2=C1C(=O)C[C@H](c1ccccc1)C2. The van der Waals surface area contributed by atoms with E-state index in [4.69, 9.17) is 9.37 Å². The molecule has 2 atom stereocenters. The van der Waals surface area contributed by atoms with Crippen LogP contribution in [0.1, 0.15) is 35.9 Å². The molecule has 7 heteroatoms. The Morgan fingerprint density at radius 2 is 1.76 bits per heavy atom. The number of para-hydroxylation sites is 1. The minimum atomic E-state index is -0.411. The lowest BCUT2D eigenvalue weighted by atomic mass is 9.78. The molecule has 3 aromatic rings. The number of nitrogens with zero attached hydrogens (tertiary/aromatic N) is 2. The third kappa shape index (κ3) is 3.04. The van der Waals surface area contributed by atoms with Gasteiger partial charge < -0.3 is 15.4 Å². The number of carbonyl (C=O) groups excluding carboxylic acids is 1. The normalized spacial score (nSPS) is 20.8. The summed E-state index contributed by atoms with van der Waals surface area (Å²) in [4.78, 5) is 13.4. The Balaban J connectivity index is 1.63. The van der Waals surface area contributed by atoms with Gasteiger partial charge in [-0.2, -0.15) is 0 Å². The molecule has 0 amide bonds. The summed E-state index contributed by atoms with van der Waals surface area (Å²) in [6, 6.07) is 17.4. The molecule has 2 heterocycles. The fraction of sp³-hybridized carbons (Fsp3) is 0.227. The lowest BCUT2D eigenvalue weighted by Crippen LogP contribution is -2.27. The number of ether oxygens (including phenoxy) is 1. The van der Waals surface area contributed by atoms with Crippen molar-refractivity contribution >= 4 is 17.4 Å². The third-order valence-electron chi connectivity index (χ3n) is 5.56. The van der Waals surface area contributed by atoms with Crippen molar-refractivity contribution in [3.8, 4) is 5.75 Å². The molecule has 1 aromatic heterocycles. The van der Waals surface area contributed by atoms with Crippen LogP contribution < -0.4 is 15.4 Å². The number of carbonyl (C=O) groups is 1. The summed E-state index contributed by atoms with van der Waals surface area (Å²) in [5.41, 5.74) is 3.56. The number of hydrogen-bond acceptors (Lipinski definition) is 7. The molecule has 7 nitrogen and oxygen atoms in total. The summed E-state index contributed by atoms with van der Waals surface area (Å²) in [6.45, 7) is 0. The van der Waals surface area contributed by atoms with Crippen LogP contribution in [0.2, 0.25) is 0 Å². The lowest BCUT2D eigenvalue weighted by Gasteiger charge is -2.30. The van der Waals surface area contributed by atoms with Crippen LogP contribution in [-0.4, -0.2) is 23.2 Å². The topological polar surface area (TPSA) is 89.3 Å². The van der Waals surface area contributed by atoms with Gasteiger partial charge in [0.05, 0.1) is 13.2 Å². The zero-order valence-corrected chi connectivity index (χ0v) is 15.9. The molecule has 0 spiro atoms. The molecule has 29 heavy (non-hydrogen) atoms. The van der Waals surface area contributed by atoms with E-state index in [-0.39, 0.29) is 11.7 Å². The fourth-order valence-corrected chi connectivity index (χ4v) is 4.20. The first kappa shape index (κ1) is 17.5. The van der Waals surface area contributed by atoms with Crippen LogP contribution in [0.4, 0.5) is 11.6 Å². The van der Waals surface area contributed by atoms with Crippen LogP contribution in [-0.2, 0) is 4.79 Å². The van der Waals surface area contributed by atoms with Gasteiger partial charge in [-0.05, 0) is 34.3 Å². The molecule has 0 saturated heterocycles. The van der Waals surface area contributed by atoms with Crippen molar-refractivity contribution < 1.29 is 14.2 Å². The van der Waals surface area contributed by atoms with Crippen LogP contribution in [0.15, 0.2) is 70.5 Å². The third-order valence-corrected chi connectivity index (χ3v) is 5.56. The van der Waals surface area contributed by atoms with Crippen LogP contribution in [0.5, 0.6) is 5.75 Å². The molecule has 0 fully saturated rings. The number of hydrogen-bond donors (Lipinski definition) is 2. The number of methoxy groups -OCH3 is 1. The Labute approximate surface area is 167 Å². The number of benzene rings is 2. The quantitative estimate of drug-likeness (QED) is 0.699. The van der Waals surface area contributed by atoms with Crippen LogP contribution in [0, 0.1) is 0 Å². The number of allylic oxidation sites excluding steroid dienone is 1. The standard InChI is InChI=1S/C22H20N4O3/c1-28-18-10-6-5-9-15(18)20-19-16(23-21-22(24-20)26-29-25-21)11-14(12-17(19)27)13-7-3-2-4-8-13/h2-10,14,20H,11-12H2,1H3,(H,23,25)(H,24,26)/t14-,20+/m1/s1. The fourth-order valence-electron chi connectivity index (χ4n) is 4.20. The molecule has 1 aliphatic carbocycles. The van der Waals surface area contributed by atoms with Crippen molar-refractivity contribution in [3.63, 3.8) is 0 Å². The number of fused-ring (bicyclic) bond motifs is 1. The van der Waals surface area contributed by atoms with Gasteiger partial charge in [0.2, 0.25) is 11.6 Å². The Bertz CT molecular complexity index is 1090. The predicted molar refractivity (Wildman–Crippen MR) is 108 cm³/mol. The molecule has 0 unspecified atom stereocenters. The molecule has 1 aliphatic heterocycles. The first-order chi connectivity index (χ1) is 14.2. The first-order valence-electron chi connectivity index (χ1n) is 9.55. The second kappa shape index (κ2) is 7.09. The zero-order chi connectivity index (χ0) is 19.8. The highest BCUT2D eigenvalue weighted by atomic mass is 16.6. The van der Waals surface area contributed by atoms with E-state index in [1.165, 1.54) is 0 Å². The minimum Gasteiger partial charge on any atom is -0.496 e. The molecular weight excluding hydrogens is 368 g/mol. The molecule has 2 N–H and O–H groups in total. The van der Waals surface area contributed by atoms with Gasteiger partial charge in [0.25, 0.3) is 0 Å². The van der Waals surface area contributed by atoms with Crippen LogP contribution in [0.25, 0.3) is 0 Å². The van der Waals surface area contributed by atoms with Gasteiger partial charge in [-0.15, -0.1) is 0 Å². The second-order valence-electron chi connectivity index (χ2n) is 7.24. The van der Waals surface area contributed by atoms with Crippen LogP contribution in [0.3, 0.4) is 0 Å². The molecule has 2 aliphatic rings. The van der Waals surface area contributed by atoms with Crippen molar-refractivity contribution in [2.75, 3.05) is 17.7 Å². The monoisotopic (exact) mass is 388 g/mol. The Morgan fingerprint density at radius 1 is 1.00 bits per heavy atom. The first-order valence-corrected chi connectivity index (χ1v) is 9.55. The van der Waals surface area contributed by atoms with Crippen molar-refractivity contribution in [2.45, 2.75) is 24.8 Å². The van der Waals surface area contributed by atoms with Crippen molar-refractivity contribution in [3.05, 3.63) is 77.0 Å². The van der Waals surface area contributed by atoms with Gasteiger partial charge in [0, 0.05) is 23.3 Å².